The van der Waals surface area contributed by atoms with Gasteiger partial charge >= 0.3 is 0 Å². The first-order valence-electron chi connectivity index (χ1n) is 9.78. The van der Waals surface area contributed by atoms with Crippen LogP contribution in [0, 0.1) is 17.2 Å². The maximum Gasteiger partial charge on any atom is 0.265 e. The Balaban J connectivity index is 1.50. The fraction of sp³-hybridized carbons (Fsp3) is 0.318. The van der Waals surface area contributed by atoms with E-state index in [1.54, 1.807) is 0 Å². The van der Waals surface area contributed by atoms with E-state index >= 15 is 0 Å². The second-order valence-corrected chi connectivity index (χ2v) is 10.3. The number of benzene rings is 2. The van der Waals surface area contributed by atoms with E-state index in [9.17, 15) is 18.4 Å². The van der Waals surface area contributed by atoms with Crippen LogP contribution in [0.2, 0.25) is 10.0 Å². The summed E-state index contributed by atoms with van der Waals surface area (Å²) >= 11 is 24.7. The Morgan fingerprint density at radius 2 is 1.79 bits per heavy atom. The predicted octanol–water partition coefficient (Wildman–Crippen LogP) is 6.24. The number of alkyl halides is 4. The van der Waals surface area contributed by atoms with Gasteiger partial charge in [-0.1, -0.05) is 35.3 Å². The molecule has 2 aliphatic carbocycles. The highest BCUT2D eigenvalue weighted by atomic mass is 35.5. The molecule has 0 aromatic heterocycles. The van der Waals surface area contributed by atoms with Crippen LogP contribution in [-0.4, -0.2) is 21.7 Å². The lowest BCUT2D eigenvalue weighted by atomic mass is 10.1. The van der Waals surface area contributed by atoms with Gasteiger partial charge in [-0.25, -0.2) is 8.78 Å². The molecule has 4 rings (SSSR count). The molecule has 2 amide bonds. The van der Waals surface area contributed by atoms with Crippen molar-refractivity contribution in [2.24, 2.45) is 5.92 Å². The third-order valence-electron chi connectivity index (χ3n) is 5.75. The molecule has 0 aliphatic heterocycles. The van der Waals surface area contributed by atoms with Crippen LogP contribution in [-0.2, 0) is 4.79 Å². The van der Waals surface area contributed by atoms with Crippen molar-refractivity contribution in [2.75, 3.05) is 5.32 Å². The van der Waals surface area contributed by atoms with Crippen LogP contribution in [0.3, 0.4) is 0 Å². The van der Waals surface area contributed by atoms with E-state index in [2.05, 4.69) is 16.7 Å². The third-order valence-corrected chi connectivity index (χ3v) is 7.35. The first kappa shape index (κ1) is 24.0. The number of hydrogen-bond donors (Lipinski definition) is 2. The summed E-state index contributed by atoms with van der Waals surface area (Å²) in [5, 5.41) is 14.5. The number of carbonyl (C=O) groups excluding carboxylic acids is 2. The molecular formula is C22H15Cl4F2N3O2. The maximum absolute atomic E-state index is 13.0. The van der Waals surface area contributed by atoms with Crippen LogP contribution in [0.4, 0.5) is 14.5 Å². The fourth-order valence-corrected chi connectivity index (χ4v) is 4.96. The number of carbonyl (C=O) groups is 2. The van der Waals surface area contributed by atoms with Crippen molar-refractivity contribution in [1.82, 2.24) is 5.32 Å². The van der Waals surface area contributed by atoms with Gasteiger partial charge in [-0.3, -0.25) is 9.59 Å². The molecule has 2 aromatic carbocycles. The molecule has 172 valence electrons. The van der Waals surface area contributed by atoms with Gasteiger partial charge in [0.05, 0.1) is 22.6 Å². The molecule has 33 heavy (non-hydrogen) atoms. The van der Waals surface area contributed by atoms with Gasteiger partial charge in [-0.05, 0) is 42.7 Å². The average molecular weight is 533 g/mol. The molecule has 0 unspecified atom stereocenters. The van der Waals surface area contributed by atoms with Gasteiger partial charge in [0, 0.05) is 22.2 Å². The molecule has 0 radical (unpaired) electrons. The Hall–Kier alpha value is -2.11. The monoisotopic (exact) mass is 531 g/mol. The summed E-state index contributed by atoms with van der Waals surface area (Å²) in [7, 11) is 0. The highest BCUT2D eigenvalue weighted by Crippen LogP contribution is 2.65. The standard InChI is InChI=1S/C22H15Cl4F2N3O2/c23-14-4-2-11(8-13(14)19(32)31-21(9-29)5-6-21)30-20(33)17-16(22(17,25)26)10-1-3-12(18(27)28)15(24)7-10/h1-4,7-8,16-18H,5-6H2,(H,30,33)(H,31,32)/t16-,17+/m0/s1. The number of nitriles is 1. The van der Waals surface area contributed by atoms with Gasteiger partial charge < -0.3 is 10.6 Å². The third kappa shape index (κ3) is 4.63. The second kappa shape index (κ2) is 8.59. The minimum Gasteiger partial charge on any atom is -0.334 e. The Bertz CT molecular complexity index is 1190. The Kier molecular flexibility index (Phi) is 6.25. The second-order valence-electron chi connectivity index (χ2n) is 8.04. The highest BCUT2D eigenvalue weighted by Gasteiger charge is 2.67. The van der Waals surface area contributed by atoms with Gasteiger partial charge in [0.2, 0.25) is 5.91 Å². The minimum atomic E-state index is -2.74. The predicted molar refractivity (Wildman–Crippen MR) is 122 cm³/mol. The number of rotatable bonds is 6. The van der Waals surface area contributed by atoms with Crippen LogP contribution < -0.4 is 10.6 Å². The average Bonchev–Trinajstić information content (AvgIpc) is 3.63. The van der Waals surface area contributed by atoms with Gasteiger partial charge in [0.1, 0.15) is 9.87 Å². The normalized spacial score (nSPS) is 21.8. The molecule has 0 spiro atoms. The largest absolute Gasteiger partial charge is 0.334 e. The minimum absolute atomic E-state index is 0.0979. The zero-order valence-corrected chi connectivity index (χ0v) is 19.7. The van der Waals surface area contributed by atoms with Crippen molar-refractivity contribution in [3.8, 4) is 6.07 Å². The first-order chi connectivity index (χ1) is 15.5. The SMILES string of the molecule is N#CC1(NC(=O)c2cc(NC(=O)[C@H]3[C@H](c4ccc(C(F)F)c(Cl)c4)C3(Cl)Cl)ccc2Cl)CC1. The molecule has 2 N–H and O–H groups in total. The van der Waals surface area contributed by atoms with Crippen molar-refractivity contribution in [3.63, 3.8) is 0 Å². The van der Waals surface area contributed by atoms with E-state index in [1.165, 1.54) is 36.4 Å². The van der Waals surface area contributed by atoms with Gasteiger partial charge in [0.15, 0.2) is 0 Å². The molecule has 2 atom stereocenters. The zero-order chi connectivity index (χ0) is 24.1. The van der Waals surface area contributed by atoms with Gasteiger partial charge in [0.25, 0.3) is 12.3 Å². The lowest BCUT2D eigenvalue weighted by Gasteiger charge is -2.12. The summed E-state index contributed by atoms with van der Waals surface area (Å²) in [5.74, 6) is -2.60. The lowest BCUT2D eigenvalue weighted by Crippen LogP contribution is -2.35. The van der Waals surface area contributed by atoms with E-state index in [-0.39, 0.29) is 26.9 Å². The topological polar surface area (TPSA) is 82.0 Å². The molecule has 2 fully saturated rings. The molecular weight excluding hydrogens is 518 g/mol. The molecule has 2 aromatic rings. The summed E-state index contributed by atoms with van der Waals surface area (Å²) < 4.78 is 24.4. The van der Waals surface area contributed by atoms with E-state index in [4.69, 9.17) is 51.7 Å². The van der Waals surface area contributed by atoms with Crippen LogP contribution in [0.1, 0.15) is 46.7 Å². The Morgan fingerprint density at radius 1 is 1.09 bits per heavy atom. The number of halogens is 6. The van der Waals surface area contributed by atoms with E-state index in [0.29, 0.717) is 18.4 Å². The zero-order valence-electron chi connectivity index (χ0n) is 16.6. The number of nitrogens with one attached hydrogen (secondary N) is 2. The van der Waals surface area contributed by atoms with Crippen LogP contribution in [0.25, 0.3) is 0 Å². The molecule has 0 bridgehead atoms. The molecule has 2 aliphatic rings. The highest BCUT2D eigenvalue weighted by molar-refractivity contribution is 6.53. The van der Waals surface area contributed by atoms with Gasteiger partial charge in [-0.2, -0.15) is 5.26 Å². The molecule has 11 heteroatoms. The Morgan fingerprint density at radius 3 is 2.36 bits per heavy atom. The van der Waals surface area contributed by atoms with Gasteiger partial charge in [-0.15, -0.1) is 23.2 Å². The number of amides is 2. The van der Waals surface area contributed by atoms with Crippen LogP contribution in [0.5, 0.6) is 0 Å². The number of hydrogen-bond acceptors (Lipinski definition) is 3. The summed E-state index contributed by atoms with van der Waals surface area (Å²) in [6.07, 6.45) is -1.62. The van der Waals surface area contributed by atoms with Crippen molar-refractivity contribution >= 4 is 63.9 Å². The summed E-state index contributed by atoms with van der Waals surface area (Å²) in [6.45, 7) is 0. The van der Waals surface area contributed by atoms with Crippen molar-refractivity contribution in [3.05, 3.63) is 63.1 Å². The smallest absolute Gasteiger partial charge is 0.265 e. The van der Waals surface area contributed by atoms with E-state index in [1.807, 2.05) is 0 Å². The van der Waals surface area contributed by atoms with Crippen molar-refractivity contribution in [2.45, 2.75) is 35.1 Å². The summed E-state index contributed by atoms with van der Waals surface area (Å²) in [5.41, 5.74) is -0.373. The number of anilines is 1. The lowest BCUT2D eigenvalue weighted by molar-refractivity contribution is -0.117. The van der Waals surface area contributed by atoms with Crippen molar-refractivity contribution in [1.29, 1.82) is 5.26 Å². The fourth-order valence-electron chi connectivity index (χ4n) is 3.65. The summed E-state index contributed by atoms with van der Waals surface area (Å²) in [4.78, 5) is 25.4. The molecule has 5 nitrogen and oxygen atoms in total. The first-order valence-corrected chi connectivity index (χ1v) is 11.3. The Labute approximate surface area is 207 Å². The van der Waals surface area contributed by atoms with E-state index < -0.39 is 39.9 Å². The quantitative estimate of drug-likeness (QED) is 0.432. The van der Waals surface area contributed by atoms with Crippen LogP contribution in [0.15, 0.2) is 36.4 Å². The van der Waals surface area contributed by atoms with Crippen LogP contribution >= 0.6 is 46.4 Å². The molecule has 0 heterocycles. The maximum atomic E-state index is 13.0. The van der Waals surface area contributed by atoms with E-state index in [0.717, 1.165) is 0 Å². The molecule has 0 saturated heterocycles. The summed E-state index contributed by atoms with van der Waals surface area (Å²) in [6, 6.07) is 10.3. The number of nitrogens with zero attached hydrogens (tertiary/aromatic N) is 1. The van der Waals surface area contributed by atoms with Crippen molar-refractivity contribution < 1.29 is 18.4 Å². The molecule has 2 saturated carbocycles.